The maximum Gasteiger partial charge on any atom is 0.311 e. The van der Waals surface area contributed by atoms with Crippen LogP contribution < -0.4 is 0 Å². The number of carbonyl (C=O) groups excluding carboxylic acids is 2. The lowest BCUT2D eigenvalue weighted by molar-refractivity contribution is -0.148. The van der Waals surface area contributed by atoms with Gasteiger partial charge in [0.2, 0.25) is 5.91 Å². The van der Waals surface area contributed by atoms with Crippen LogP contribution in [0.4, 0.5) is 0 Å². The molecule has 1 amide bonds. The highest BCUT2D eigenvalue weighted by Crippen LogP contribution is 2.26. The van der Waals surface area contributed by atoms with Crippen molar-refractivity contribution in [1.82, 2.24) is 4.90 Å². The molecule has 4 heteroatoms. The van der Waals surface area contributed by atoms with Gasteiger partial charge in [-0.3, -0.25) is 9.59 Å². The molecule has 0 spiro atoms. The van der Waals surface area contributed by atoms with Crippen LogP contribution in [0.3, 0.4) is 0 Å². The first-order chi connectivity index (χ1) is 8.86. The van der Waals surface area contributed by atoms with Gasteiger partial charge in [-0.2, -0.15) is 0 Å². The predicted octanol–water partition coefficient (Wildman–Crippen LogP) is 3.00. The zero-order valence-electron chi connectivity index (χ0n) is 13.3. The molecule has 1 saturated heterocycles. The molecule has 1 heterocycles. The maximum absolute atomic E-state index is 11.8. The number of carbonyl (C=O) groups is 2. The van der Waals surface area contributed by atoms with Gasteiger partial charge in [-0.25, -0.2) is 0 Å². The number of rotatable bonds is 4. The van der Waals surface area contributed by atoms with Crippen molar-refractivity contribution in [3.05, 3.63) is 0 Å². The SMILES string of the molecule is CC.CCCCOC(=O)C1CC(=O)N(C(C)(C)C)C1. The highest BCUT2D eigenvalue weighted by Gasteiger charge is 2.40. The fourth-order valence-electron chi connectivity index (χ4n) is 1.95. The van der Waals surface area contributed by atoms with Crippen molar-refractivity contribution in [2.45, 2.75) is 66.3 Å². The second-order valence-electron chi connectivity index (χ2n) is 5.60. The van der Waals surface area contributed by atoms with Crippen LogP contribution in [-0.4, -0.2) is 35.5 Å². The molecule has 0 radical (unpaired) electrons. The van der Waals surface area contributed by atoms with Gasteiger partial charge in [-0.1, -0.05) is 27.2 Å². The van der Waals surface area contributed by atoms with E-state index in [1.165, 1.54) is 0 Å². The Kier molecular flexibility index (Phi) is 7.72. The zero-order chi connectivity index (χ0) is 15.1. The van der Waals surface area contributed by atoms with Crippen LogP contribution in [0.1, 0.15) is 60.8 Å². The highest BCUT2D eigenvalue weighted by atomic mass is 16.5. The summed E-state index contributed by atoms with van der Waals surface area (Å²) in [6.07, 6.45) is 2.18. The monoisotopic (exact) mass is 271 g/mol. The van der Waals surface area contributed by atoms with Gasteiger partial charge < -0.3 is 9.64 Å². The molecule has 1 aliphatic rings. The van der Waals surface area contributed by atoms with Crippen LogP contribution in [0.25, 0.3) is 0 Å². The van der Waals surface area contributed by atoms with Gasteiger partial charge in [0.25, 0.3) is 0 Å². The molecule has 1 atom stereocenters. The standard InChI is InChI=1S/C13H23NO3.C2H6/c1-5-6-7-17-12(16)10-8-11(15)14(9-10)13(2,3)4;1-2/h10H,5-9H2,1-4H3;1-2H3. The van der Waals surface area contributed by atoms with Crippen LogP contribution in [0.15, 0.2) is 0 Å². The van der Waals surface area contributed by atoms with E-state index in [1.807, 2.05) is 41.5 Å². The van der Waals surface area contributed by atoms with E-state index < -0.39 is 0 Å². The Hall–Kier alpha value is -1.06. The van der Waals surface area contributed by atoms with Crippen LogP contribution in [-0.2, 0) is 14.3 Å². The molecule has 0 aliphatic carbocycles. The van der Waals surface area contributed by atoms with E-state index in [1.54, 1.807) is 4.90 Å². The minimum absolute atomic E-state index is 0.0509. The summed E-state index contributed by atoms with van der Waals surface area (Å²) in [6, 6.07) is 0. The van der Waals surface area contributed by atoms with Crippen molar-refractivity contribution >= 4 is 11.9 Å². The maximum atomic E-state index is 11.8. The van der Waals surface area contributed by atoms with E-state index in [-0.39, 0.29) is 23.3 Å². The van der Waals surface area contributed by atoms with Crippen LogP contribution >= 0.6 is 0 Å². The molecule has 0 bridgehead atoms. The molecule has 0 aromatic carbocycles. The lowest BCUT2D eigenvalue weighted by atomic mass is 10.1. The fraction of sp³-hybridized carbons (Fsp3) is 0.867. The summed E-state index contributed by atoms with van der Waals surface area (Å²) in [5.74, 6) is -0.452. The molecule has 1 rings (SSSR count). The summed E-state index contributed by atoms with van der Waals surface area (Å²) in [4.78, 5) is 25.3. The summed E-state index contributed by atoms with van der Waals surface area (Å²) in [5, 5.41) is 0. The Balaban J connectivity index is 0.00000154. The third-order valence-electron chi connectivity index (χ3n) is 3.01. The van der Waals surface area contributed by atoms with Gasteiger partial charge in [0, 0.05) is 18.5 Å². The third-order valence-corrected chi connectivity index (χ3v) is 3.01. The number of hydrogen-bond donors (Lipinski definition) is 0. The lowest BCUT2D eigenvalue weighted by Gasteiger charge is -2.31. The zero-order valence-corrected chi connectivity index (χ0v) is 13.3. The van der Waals surface area contributed by atoms with E-state index in [9.17, 15) is 9.59 Å². The van der Waals surface area contributed by atoms with Crippen molar-refractivity contribution in [1.29, 1.82) is 0 Å². The van der Waals surface area contributed by atoms with Gasteiger partial charge in [-0.15, -0.1) is 0 Å². The van der Waals surface area contributed by atoms with Gasteiger partial charge in [0.05, 0.1) is 12.5 Å². The quantitative estimate of drug-likeness (QED) is 0.583. The van der Waals surface area contributed by atoms with Gasteiger partial charge >= 0.3 is 5.97 Å². The normalized spacial score (nSPS) is 18.9. The highest BCUT2D eigenvalue weighted by molar-refractivity contribution is 5.87. The van der Waals surface area contributed by atoms with Crippen LogP contribution in [0.2, 0.25) is 0 Å². The molecule has 0 aromatic heterocycles. The minimum Gasteiger partial charge on any atom is -0.465 e. The van der Waals surface area contributed by atoms with Gasteiger partial charge in [0.15, 0.2) is 0 Å². The molecule has 0 aromatic rings. The summed E-state index contributed by atoms with van der Waals surface area (Å²) in [5.41, 5.74) is -0.213. The molecule has 19 heavy (non-hydrogen) atoms. The van der Waals surface area contributed by atoms with E-state index in [4.69, 9.17) is 4.74 Å². The summed E-state index contributed by atoms with van der Waals surface area (Å²) in [6.45, 7) is 13.0. The number of amides is 1. The Bertz CT molecular complexity index is 294. The van der Waals surface area contributed by atoms with Crippen molar-refractivity contribution in [3.63, 3.8) is 0 Å². The summed E-state index contributed by atoms with van der Waals surface area (Å²) in [7, 11) is 0. The molecule has 1 fully saturated rings. The third kappa shape index (κ3) is 5.62. The second kappa shape index (κ2) is 8.18. The van der Waals surface area contributed by atoms with Crippen LogP contribution in [0, 0.1) is 5.92 Å². The number of likely N-dealkylation sites (tertiary alicyclic amines) is 1. The number of unbranched alkanes of at least 4 members (excludes halogenated alkanes) is 1. The first-order valence-electron chi connectivity index (χ1n) is 7.33. The molecular weight excluding hydrogens is 242 g/mol. The molecule has 1 aliphatic heterocycles. The Morgan fingerprint density at radius 2 is 1.95 bits per heavy atom. The van der Waals surface area contributed by atoms with Crippen molar-refractivity contribution in [2.75, 3.05) is 13.2 Å². The molecular formula is C15H29NO3. The summed E-state index contributed by atoms with van der Waals surface area (Å²) >= 11 is 0. The average molecular weight is 271 g/mol. The van der Waals surface area contributed by atoms with Crippen molar-refractivity contribution in [3.8, 4) is 0 Å². The Morgan fingerprint density at radius 3 is 2.37 bits per heavy atom. The van der Waals surface area contributed by atoms with Crippen molar-refractivity contribution in [2.24, 2.45) is 5.92 Å². The fourth-order valence-corrected chi connectivity index (χ4v) is 1.95. The Labute approximate surface area is 117 Å². The number of esters is 1. The van der Waals surface area contributed by atoms with E-state index in [0.717, 1.165) is 12.8 Å². The largest absolute Gasteiger partial charge is 0.465 e. The van der Waals surface area contributed by atoms with E-state index in [0.29, 0.717) is 19.6 Å². The minimum atomic E-state index is -0.279. The molecule has 0 saturated carbocycles. The summed E-state index contributed by atoms with van der Waals surface area (Å²) < 4.78 is 5.16. The predicted molar refractivity (Wildman–Crippen MR) is 76.8 cm³/mol. The molecule has 0 N–H and O–H groups in total. The topological polar surface area (TPSA) is 46.6 Å². The van der Waals surface area contributed by atoms with Gasteiger partial charge in [0.1, 0.15) is 0 Å². The second-order valence-corrected chi connectivity index (χ2v) is 5.60. The number of nitrogens with zero attached hydrogens (tertiary/aromatic N) is 1. The first kappa shape index (κ1) is 17.9. The van der Waals surface area contributed by atoms with E-state index >= 15 is 0 Å². The first-order valence-corrected chi connectivity index (χ1v) is 7.33. The van der Waals surface area contributed by atoms with E-state index in [2.05, 4.69) is 0 Å². The van der Waals surface area contributed by atoms with Crippen LogP contribution in [0.5, 0.6) is 0 Å². The Morgan fingerprint density at radius 1 is 1.37 bits per heavy atom. The average Bonchev–Trinajstić information content (AvgIpc) is 2.74. The molecule has 1 unspecified atom stereocenters. The smallest absolute Gasteiger partial charge is 0.311 e. The van der Waals surface area contributed by atoms with Gasteiger partial charge in [-0.05, 0) is 27.2 Å². The molecule has 4 nitrogen and oxygen atoms in total. The molecule has 112 valence electrons. The number of ether oxygens (including phenoxy) is 1. The lowest BCUT2D eigenvalue weighted by Crippen LogP contribution is -2.42. The number of hydrogen-bond acceptors (Lipinski definition) is 3. The van der Waals surface area contributed by atoms with Crippen molar-refractivity contribution < 1.29 is 14.3 Å².